The standard InChI is InChI=1S/C30H35F2NO5/c1-27-8-7-19(35)11-23(27)24(31)12-22-21-9-17-14-33(18-5-4-6-20(10-18)38-3)16-29(17,26(37)15-34)28(21,2)13-25(36)30(22,27)32/h4-8,10-11,17,21-22,24-25,34,36H,9,12-16H2,1-3H3/t17-,21-,22-,24-,25-,27-,28-,29+,30-/m0/s1. The molecule has 0 spiro atoms. The van der Waals surface area contributed by atoms with E-state index >= 15 is 8.78 Å². The minimum atomic E-state index is -2.18. The Morgan fingerprint density at radius 3 is 2.71 bits per heavy atom. The second-order valence-corrected chi connectivity index (χ2v) is 12.4. The molecule has 4 aliphatic carbocycles. The Balaban J connectivity index is 1.44. The number of allylic oxidation sites excluding steroid dienone is 4. The molecule has 2 N–H and O–H groups in total. The van der Waals surface area contributed by atoms with Gasteiger partial charge in [-0.25, -0.2) is 8.78 Å². The topological polar surface area (TPSA) is 87.1 Å². The van der Waals surface area contributed by atoms with E-state index in [4.69, 9.17) is 4.74 Å². The van der Waals surface area contributed by atoms with Crippen LogP contribution in [0.5, 0.6) is 5.75 Å². The molecule has 0 unspecified atom stereocenters. The first kappa shape index (κ1) is 25.7. The third kappa shape index (κ3) is 2.93. The predicted octanol–water partition coefficient (Wildman–Crippen LogP) is 3.61. The quantitative estimate of drug-likeness (QED) is 0.622. The van der Waals surface area contributed by atoms with Gasteiger partial charge in [-0.3, -0.25) is 9.59 Å². The van der Waals surface area contributed by atoms with Gasteiger partial charge >= 0.3 is 0 Å². The molecule has 6 rings (SSSR count). The molecule has 5 aliphatic rings. The maximum atomic E-state index is 17.5. The molecule has 4 fully saturated rings. The number of Topliss-reactive ketones (excluding diaryl/α,β-unsaturated/α-hetero) is 1. The number of aliphatic hydroxyl groups is 2. The highest BCUT2D eigenvalue weighted by Crippen LogP contribution is 2.74. The van der Waals surface area contributed by atoms with E-state index in [1.54, 1.807) is 14.0 Å². The maximum Gasteiger partial charge on any atom is 0.178 e. The molecule has 1 aliphatic heterocycles. The van der Waals surface area contributed by atoms with E-state index in [1.807, 2.05) is 31.2 Å². The van der Waals surface area contributed by atoms with Crippen LogP contribution in [-0.4, -0.2) is 66.5 Å². The van der Waals surface area contributed by atoms with Gasteiger partial charge in [0, 0.05) is 36.2 Å². The van der Waals surface area contributed by atoms with Gasteiger partial charge in [0.2, 0.25) is 0 Å². The highest BCUT2D eigenvalue weighted by molar-refractivity contribution is 6.01. The summed E-state index contributed by atoms with van der Waals surface area (Å²) in [5.74, 6) is -1.40. The summed E-state index contributed by atoms with van der Waals surface area (Å²) >= 11 is 0. The highest BCUT2D eigenvalue weighted by Gasteiger charge is 2.78. The van der Waals surface area contributed by atoms with Crippen LogP contribution >= 0.6 is 0 Å². The molecule has 1 saturated heterocycles. The molecule has 1 heterocycles. The summed E-state index contributed by atoms with van der Waals surface area (Å²) < 4.78 is 38.6. The zero-order chi connectivity index (χ0) is 27.3. The first-order valence-corrected chi connectivity index (χ1v) is 13.5. The summed E-state index contributed by atoms with van der Waals surface area (Å²) in [4.78, 5) is 27.9. The molecular formula is C30H35F2NO5. The van der Waals surface area contributed by atoms with Crippen LogP contribution in [0.25, 0.3) is 0 Å². The largest absolute Gasteiger partial charge is 0.497 e. The van der Waals surface area contributed by atoms with Crippen LogP contribution < -0.4 is 9.64 Å². The van der Waals surface area contributed by atoms with Crippen molar-refractivity contribution < 1.29 is 33.3 Å². The number of aliphatic hydroxyl groups excluding tert-OH is 2. The van der Waals surface area contributed by atoms with Crippen molar-refractivity contribution in [3.8, 4) is 5.75 Å². The number of fused-ring (bicyclic) bond motifs is 7. The average molecular weight is 528 g/mol. The maximum absolute atomic E-state index is 17.5. The van der Waals surface area contributed by atoms with E-state index in [9.17, 15) is 19.8 Å². The van der Waals surface area contributed by atoms with Gasteiger partial charge in [0.25, 0.3) is 0 Å². The number of nitrogens with zero attached hydrogens (tertiary/aromatic N) is 1. The lowest BCUT2D eigenvalue weighted by Gasteiger charge is -2.63. The second-order valence-electron chi connectivity index (χ2n) is 12.4. The van der Waals surface area contributed by atoms with Crippen LogP contribution in [0, 0.1) is 34.0 Å². The number of carbonyl (C=O) groups is 2. The Morgan fingerprint density at radius 1 is 1.24 bits per heavy atom. The fourth-order valence-corrected chi connectivity index (χ4v) is 9.43. The number of carbonyl (C=O) groups excluding carboxylic acids is 2. The van der Waals surface area contributed by atoms with E-state index in [0.717, 1.165) is 5.69 Å². The number of hydrogen-bond acceptors (Lipinski definition) is 6. The molecule has 8 heteroatoms. The molecule has 204 valence electrons. The molecular weight excluding hydrogens is 492 g/mol. The third-order valence-electron chi connectivity index (χ3n) is 11.2. The summed E-state index contributed by atoms with van der Waals surface area (Å²) in [6.07, 6.45) is 1.27. The minimum absolute atomic E-state index is 0.0144. The number of ketones is 2. The van der Waals surface area contributed by atoms with Gasteiger partial charge in [-0.1, -0.05) is 19.1 Å². The molecule has 38 heavy (non-hydrogen) atoms. The molecule has 1 aromatic carbocycles. The fraction of sp³-hybridized carbons (Fsp3) is 0.600. The van der Waals surface area contributed by atoms with Gasteiger partial charge in [0.1, 0.15) is 18.5 Å². The van der Waals surface area contributed by atoms with Crippen molar-refractivity contribution in [2.75, 3.05) is 31.7 Å². The van der Waals surface area contributed by atoms with Gasteiger partial charge < -0.3 is 19.8 Å². The van der Waals surface area contributed by atoms with E-state index in [2.05, 4.69) is 4.90 Å². The molecule has 3 saturated carbocycles. The summed E-state index contributed by atoms with van der Waals surface area (Å²) in [6.45, 7) is 3.73. The van der Waals surface area contributed by atoms with Gasteiger partial charge in [-0.2, -0.15) is 0 Å². The van der Waals surface area contributed by atoms with Gasteiger partial charge in [-0.05, 0) is 73.3 Å². The van der Waals surface area contributed by atoms with Crippen LogP contribution in [0.3, 0.4) is 0 Å². The number of alkyl halides is 2. The summed E-state index contributed by atoms with van der Waals surface area (Å²) in [5.41, 5.74) is -4.52. The average Bonchev–Trinajstić information content (AvgIpc) is 3.40. The van der Waals surface area contributed by atoms with E-state index in [-0.39, 0.29) is 41.8 Å². The van der Waals surface area contributed by atoms with Crippen molar-refractivity contribution in [1.82, 2.24) is 0 Å². The lowest BCUT2D eigenvalue weighted by Crippen LogP contribution is -2.69. The number of methoxy groups -OCH3 is 1. The third-order valence-corrected chi connectivity index (χ3v) is 11.2. The Hall–Kier alpha value is -2.58. The first-order chi connectivity index (χ1) is 18.0. The Labute approximate surface area is 221 Å². The normalized spacial score (nSPS) is 45.1. The highest BCUT2D eigenvalue weighted by atomic mass is 19.1. The predicted molar refractivity (Wildman–Crippen MR) is 137 cm³/mol. The molecule has 1 aromatic rings. The fourth-order valence-electron chi connectivity index (χ4n) is 9.43. The van der Waals surface area contributed by atoms with E-state index in [0.29, 0.717) is 25.3 Å². The van der Waals surface area contributed by atoms with Gasteiger partial charge in [-0.15, -0.1) is 0 Å². The van der Waals surface area contributed by atoms with Crippen LogP contribution in [0.2, 0.25) is 0 Å². The molecule has 0 aromatic heterocycles. The number of hydrogen-bond donors (Lipinski definition) is 2. The summed E-state index contributed by atoms with van der Waals surface area (Å²) in [6, 6.07) is 7.58. The summed E-state index contributed by atoms with van der Waals surface area (Å²) in [7, 11) is 1.59. The molecule has 6 nitrogen and oxygen atoms in total. The van der Waals surface area contributed by atoms with Crippen molar-refractivity contribution in [3.63, 3.8) is 0 Å². The number of ether oxygens (including phenoxy) is 1. The smallest absolute Gasteiger partial charge is 0.178 e. The number of halogens is 2. The van der Waals surface area contributed by atoms with Crippen molar-refractivity contribution in [2.45, 2.75) is 51.1 Å². The van der Waals surface area contributed by atoms with Crippen molar-refractivity contribution >= 4 is 17.3 Å². The number of anilines is 1. The van der Waals surface area contributed by atoms with E-state index in [1.165, 1.54) is 18.2 Å². The number of benzene rings is 1. The Morgan fingerprint density at radius 2 is 2.00 bits per heavy atom. The monoisotopic (exact) mass is 527 g/mol. The minimum Gasteiger partial charge on any atom is -0.497 e. The Kier molecular flexibility index (Phi) is 5.55. The van der Waals surface area contributed by atoms with Gasteiger partial charge in [0.05, 0.1) is 18.6 Å². The van der Waals surface area contributed by atoms with Crippen molar-refractivity contribution in [1.29, 1.82) is 0 Å². The van der Waals surface area contributed by atoms with Crippen LogP contribution in [0.1, 0.15) is 33.1 Å². The van der Waals surface area contributed by atoms with Gasteiger partial charge in [0.15, 0.2) is 17.2 Å². The molecule has 0 amide bonds. The molecule has 0 bridgehead atoms. The second kappa shape index (κ2) is 8.21. The van der Waals surface area contributed by atoms with E-state index < -0.39 is 46.7 Å². The molecule has 9 atom stereocenters. The van der Waals surface area contributed by atoms with Crippen molar-refractivity contribution in [3.05, 3.63) is 48.1 Å². The van der Waals surface area contributed by atoms with Crippen molar-refractivity contribution in [2.24, 2.45) is 34.0 Å². The lowest BCUT2D eigenvalue weighted by atomic mass is 9.43. The zero-order valence-corrected chi connectivity index (χ0v) is 22.0. The van der Waals surface area contributed by atoms with Crippen LogP contribution in [0.15, 0.2) is 48.1 Å². The first-order valence-electron chi connectivity index (χ1n) is 13.5. The van der Waals surface area contributed by atoms with Crippen LogP contribution in [0.4, 0.5) is 14.5 Å². The zero-order valence-electron chi connectivity index (χ0n) is 22.0. The summed E-state index contributed by atoms with van der Waals surface area (Å²) in [5, 5.41) is 21.8. The van der Waals surface area contributed by atoms with Crippen LogP contribution in [-0.2, 0) is 9.59 Å². The SMILES string of the molecule is COc1cccc(N2C[C@@H]3C[C@H]4[C@@H]5C[C@H](F)C6=CC(=O)C=C[C@]6(C)[C@@]5(F)[C@@H](O)C[C@]4(C)[C@]3(C(=O)CO)C2)c1. The molecule has 0 radical (unpaired) electrons. The lowest BCUT2D eigenvalue weighted by molar-refractivity contribution is -0.210. The number of rotatable bonds is 4. The Bertz CT molecular complexity index is 1260.